The van der Waals surface area contributed by atoms with Crippen molar-refractivity contribution >= 4 is 17.7 Å². The molecule has 16 heavy (non-hydrogen) atoms. The molecular formula is C15H15N. The second kappa shape index (κ2) is 3.93. The molecule has 0 aliphatic heterocycles. The van der Waals surface area contributed by atoms with E-state index in [1.54, 1.807) is 6.20 Å². The van der Waals surface area contributed by atoms with Crippen molar-refractivity contribution in [2.75, 3.05) is 0 Å². The fourth-order valence-electron chi connectivity index (χ4n) is 2.18. The maximum atomic E-state index is 4.43. The molecule has 1 aliphatic rings. The van der Waals surface area contributed by atoms with Crippen molar-refractivity contribution in [3.05, 3.63) is 58.8 Å². The van der Waals surface area contributed by atoms with Crippen LogP contribution < -0.4 is 10.4 Å². The first-order chi connectivity index (χ1) is 7.70. The number of hydrogen-bond donors (Lipinski definition) is 0. The van der Waals surface area contributed by atoms with Gasteiger partial charge in [0.25, 0.3) is 0 Å². The van der Waals surface area contributed by atoms with Crippen LogP contribution in [0.2, 0.25) is 0 Å². The van der Waals surface area contributed by atoms with Crippen molar-refractivity contribution in [2.45, 2.75) is 13.8 Å². The lowest BCUT2D eigenvalue weighted by Gasteiger charge is -1.99. The highest BCUT2D eigenvalue weighted by Crippen LogP contribution is 2.27. The molecule has 1 nitrogen and oxygen atoms in total. The minimum absolute atomic E-state index is 1.01. The van der Waals surface area contributed by atoms with Gasteiger partial charge in [0.1, 0.15) is 0 Å². The third-order valence-corrected chi connectivity index (χ3v) is 2.90. The summed E-state index contributed by atoms with van der Waals surface area (Å²) >= 11 is 0. The minimum Gasteiger partial charge on any atom is -0.256 e. The zero-order chi connectivity index (χ0) is 11.7. The summed E-state index contributed by atoms with van der Waals surface area (Å²) in [6.45, 7) is 12.1. The molecule has 1 aromatic heterocycles. The molecule has 2 rings (SSSR count). The van der Waals surface area contributed by atoms with Crippen molar-refractivity contribution in [1.29, 1.82) is 0 Å². The molecule has 0 aromatic carbocycles. The topological polar surface area (TPSA) is 12.9 Å². The van der Waals surface area contributed by atoms with E-state index < -0.39 is 0 Å². The maximum absolute atomic E-state index is 4.43. The summed E-state index contributed by atoms with van der Waals surface area (Å²) in [5.41, 5.74) is 4.56. The predicted octanol–water partition coefficient (Wildman–Crippen LogP) is 2.19. The quantitative estimate of drug-likeness (QED) is 0.727. The Morgan fingerprint density at radius 1 is 1.31 bits per heavy atom. The van der Waals surface area contributed by atoms with Crippen LogP contribution in [0.1, 0.15) is 19.5 Å². The Balaban J connectivity index is 2.89. The van der Waals surface area contributed by atoms with Gasteiger partial charge in [-0.25, -0.2) is 0 Å². The summed E-state index contributed by atoms with van der Waals surface area (Å²) in [6.07, 6.45) is 7.82. The number of aromatic nitrogens is 1. The van der Waals surface area contributed by atoms with Crippen LogP contribution in [0.5, 0.6) is 0 Å². The van der Waals surface area contributed by atoms with Gasteiger partial charge in [-0.05, 0) is 36.3 Å². The van der Waals surface area contributed by atoms with E-state index in [2.05, 4.69) is 31.1 Å². The van der Waals surface area contributed by atoms with Gasteiger partial charge in [0.15, 0.2) is 0 Å². The van der Waals surface area contributed by atoms with Crippen molar-refractivity contribution in [2.24, 2.45) is 0 Å². The second-order valence-corrected chi connectivity index (χ2v) is 3.85. The highest BCUT2D eigenvalue weighted by atomic mass is 14.7. The van der Waals surface area contributed by atoms with E-state index in [4.69, 9.17) is 0 Å². The van der Waals surface area contributed by atoms with E-state index in [9.17, 15) is 0 Å². The number of nitrogens with zero attached hydrogens (tertiary/aromatic N) is 1. The average Bonchev–Trinajstić information content (AvgIpc) is 2.54. The van der Waals surface area contributed by atoms with Crippen LogP contribution in [0.4, 0.5) is 0 Å². The van der Waals surface area contributed by atoms with Crippen LogP contribution in [-0.2, 0) is 0 Å². The Morgan fingerprint density at radius 3 is 2.69 bits per heavy atom. The van der Waals surface area contributed by atoms with Gasteiger partial charge < -0.3 is 0 Å². The molecule has 0 saturated carbocycles. The van der Waals surface area contributed by atoms with E-state index in [-0.39, 0.29) is 0 Å². The zero-order valence-electron chi connectivity index (χ0n) is 9.75. The standard InChI is InChI=1S/C15H15N/c1-5-7-13-11(4)14-10(3)8-9-16-15(14)12(13)6-2/h5-9H,2-3H2,1,4H3/b7-5-. The molecule has 0 fully saturated rings. The number of fused-ring (bicyclic) bond motifs is 1. The summed E-state index contributed by atoms with van der Waals surface area (Å²) < 4.78 is 0. The van der Waals surface area contributed by atoms with Gasteiger partial charge in [-0.15, -0.1) is 0 Å². The Kier molecular flexibility index (Phi) is 2.61. The average molecular weight is 209 g/mol. The minimum atomic E-state index is 1.01. The smallest absolute Gasteiger partial charge is 0.0788 e. The molecular weight excluding hydrogens is 194 g/mol. The molecule has 0 N–H and O–H groups in total. The Bertz CT molecular complexity index is 615. The molecule has 0 bridgehead atoms. The van der Waals surface area contributed by atoms with E-state index in [0.717, 1.165) is 21.7 Å². The van der Waals surface area contributed by atoms with Crippen LogP contribution in [0.3, 0.4) is 0 Å². The van der Waals surface area contributed by atoms with Gasteiger partial charge in [-0.3, -0.25) is 4.98 Å². The molecule has 0 radical (unpaired) electrons. The van der Waals surface area contributed by atoms with Crippen LogP contribution in [0.25, 0.3) is 17.7 Å². The Morgan fingerprint density at radius 2 is 2.06 bits per heavy atom. The van der Waals surface area contributed by atoms with Crippen molar-refractivity contribution < 1.29 is 0 Å². The van der Waals surface area contributed by atoms with E-state index in [1.807, 2.05) is 25.1 Å². The lowest BCUT2D eigenvalue weighted by Crippen LogP contribution is -2.27. The number of rotatable bonds is 2. The molecule has 0 unspecified atom stereocenters. The van der Waals surface area contributed by atoms with Crippen LogP contribution in [0, 0.1) is 0 Å². The molecule has 1 heteroatoms. The summed E-state index contributed by atoms with van der Waals surface area (Å²) in [7, 11) is 0. The molecule has 1 aromatic rings. The maximum Gasteiger partial charge on any atom is 0.0788 e. The first kappa shape index (κ1) is 10.6. The van der Waals surface area contributed by atoms with Crippen LogP contribution in [-0.4, -0.2) is 4.98 Å². The van der Waals surface area contributed by atoms with E-state index in [0.29, 0.717) is 0 Å². The molecule has 0 amide bonds. The Hall–Kier alpha value is -1.89. The third-order valence-electron chi connectivity index (χ3n) is 2.90. The molecule has 80 valence electrons. The fourth-order valence-corrected chi connectivity index (χ4v) is 2.18. The first-order valence-electron chi connectivity index (χ1n) is 5.35. The SMILES string of the molecule is C=CC1=C(/C=C\C)C(C)=c2c1nccc2=C. The zero-order valence-corrected chi connectivity index (χ0v) is 9.75. The summed E-state index contributed by atoms with van der Waals surface area (Å²) in [4.78, 5) is 4.43. The molecule has 0 spiro atoms. The summed E-state index contributed by atoms with van der Waals surface area (Å²) in [6, 6.07) is 1.95. The van der Waals surface area contributed by atoms with Crippen molar-refractivity contribution in [3.63, 3.8) is 0 Å². The van der Waals surface area contributed by atoms with Crippen LogP contribution in [0.15, 0.2) is 42.6 Å². The van der Waals surface area contributed by atoms with Crippen molar-refractivity contribution in [1.82, 2.24) is 4.98 Å². The van der Waals surface area contributed by atoms with Gasteiger partial charge in [0, 0.05) is 17.0 Å². The number of allylic oxidation sites excluding steroid dienone is 5. The third kappa shape index (κ3) is 1.36. The summed E-state index contributed by atoms with van der Waals surface area (Å²) in [5, 5.41) is 2.19. The largest absolute Gasteiger partial charge is 0.256 e. The molecule has 0 atom stereocenters. The predicted molar refractivity (Wildman–Crippen MR) is 70.0 cm³/mol. The van der Waals surface area contributed by atoms with Gasteiger partial charge in [-0.2, -0.15) is 0 Å². The van der Waals surface area contributed by atoms with Gasteiger partial charge in [0.2, 0.25) is 0 Å². The van der Waals surface area contributed by atoms with E-state index >= 15 is 0 Å². The lowest BCUT2D eigenvalue weighted by molar-refractivity contribution is 1.24. The summed E-state index contributed by atoms with van der Waals surface area (Å²) in [5.74, 6) is 0. The Labute approximate surface area is 95.8 Å². The second-order valence-electron chi connectivity index (χ2n) is 3.85. The molecule has 0 saturated heterocycles. The van der Waals surface area contributed by atoms with Gasteiger partial charge >= 0.3 is 0 Å². The molecule has 1 aliphatic carbocycles. The van der Waals surface area contributed by atoms with Crippen molar-refractivity contribution in [3.8, 4) is 0 Å². The molecule has 1 heterocycles. The number of pyridine rings is 1. The first-order valence-corrected chi connectivity index (χ1v) is 5.35. The van der Waals surface area contributed by atoms with Gasteiger partial charge in [0.05, 0.1) is 5.69 Å². The monoisotopic (exact) mass is 209 g/mol. The number of hydrogen-bond acceptors (Lipinski definition) is 1. The highest BCUT2D eigenvalue weighted by molar-refractivity contribution is 5.93. The lowest BCUT2D eigenvalue weighted by atomic mass is 10.1. The fraction of sp³-hybridized carbons (Fsp3) is 0.133. The normalized spacial score (nSPS) is 14.8. The highest BCUT2D eigenvalue weighted by Gasteiger charge is 2.17. The van der Waals surface area contributed by atoms with Gasteiger partial charge in [-0.1, -0.05) is 31.4 Å². The van der Waals surface area contributed by atoms with E-state index in [1.165, 1.54) is 11.1 Å². The van der Waals surface area contributed by atoms with Crippen LogP contribution >= 0.6 is 0 Å².